The SMILES string of the molecule is CC(=O)OC(C)C1CCCC1. The second-order valence-corrected chi connectivity index (χ2v) is 3.36. The third-order valence-corrected chi connectivity index (χ3v) is 2.42. The quantitative estimate of drug-likeness (QED) is 0.572. The van der Waals surface area contributed by atoms with E-state index in [1.54, 1.807) is 0 Å². The van der Waals surface area contributed by atoms with Crippen LogP contribution in [0.4, 0.5) is 0 Å². The van der Waals surface area contributed by atoms with Crippen molar-refractivity contribution >= 4 is 5.97 Å². The lowest BCUT2D eigenvalue weighted by Crippen LogP contribution is -2.20. The summed E-state index contributed by atoms with van der Waals surface area (Å²) >= 11 is 0. The van der Waals surface area contributed by atoms with Gasteiger partial charge in [-0.1, -0.05) is 12.8 Å². The standard InChI is InChI=1S/C9H16O2/c1-7(11-8(2)10)9-5-3-4-6-9/h7,9H,3-6H2,1-2H3. The van der Waals surface area contributed by atoms with Crippen LogP contribution in [0.15, 0.2) is 0 Å². The summed E-state index contributed by atoms with van der Waals surface area (Å²) in [5, 5.41) is 0. The molecule has 1 unspecified atom stereocenters. The lowest BCUT2D eigenvalue weighted by atomic mass is 10.0. The zero-order valence-electron chi connectivity index (χ0n) is 7.30. The van der Waals surface area contributed by atoms with Gasteiger partial charge >= 0.3 is 5.97 Å². The van der Waals surface area contributed by atoms with E-state index in [0.29, 0.717) is 5.92 Å². The average Bonchev–Trinajstić information content (AvgIpc) is 2.35. The van der Waals surface area contributed by atoms with Crippen LogP contribution in [0, 0.1) is 5.92 Å². The monoisotopic (exact) mass is 156 g/mol. The van der Waals surface area contributed by atoms with Crippen molar-refractivity contribution in [1.29, 1.82) is 0 Å². The van der Waals surface area contributed by atoms with Crippen LogP contribution in [0.3, 0.4) is 0 Å². The molecule has 0 aromatic rings. The van der Waals surface area contributed by atoms with E-state index in [1.165, 1.54) is 32.6 Å². The van der Waals surface area contributed by atoms with E-state index in [9.17, 15) is 4.79 Å². The lowest BCUT2D eigenvalue weighted by Gasteiger charge is -2.17. The molecule has 0 aromatic carbocycles. The summed E-state index contributed by atoms with van der Waals surface area (Å²) in [5.41, 5.74) is 0. The number of hydrogen-bond donors (Lipinski definition) is 0. The van der Waals surface area contributed by atoms with Crippen LogP contribution < -0.4 is 0 Å². The van der Waals surface area contributed by atoms with Crippen molar-refractivity contribution in [2.45, 2.75) is 45.6 Å². The largest absolute Gasteiger partial charge is 0.463 e. The van der Waals surface area contributed by atoms with Gasteiger partial charge in [-0.15, -0.1) is 0 Å². The van der Waals surface area contributed by atoms with Gasteiger partial charge in [0.05, 0.1) is 0 Å². The predicted molar refractivity (Wildman–Crippen MR) is 43.2 cm³/mol. The molecule has 0 radical (unpaired) electrons. The van der Waals surface area contributed by atoms with Crippen LogP contribution in [-0.4, -0.2) is 12.1 Å². The molecule has 0 saturated heterocycles. The number of carbonyl (C=O) groups is 1. The smallest absolute Gasteiger partial charge is 0.302 e. The van der Waals surface area contributed by atoms with E-state index >= 15 is 0 Å². The van der Waals surface area contributed by atoms with E-state index in [2.05, 4.69) is 0 Å². The topological polar surface area (TPSA) is 26.3 Å². The zero-order chi connectivity index (χ0) is 8.27. The van der Waals surface area contributed by atoms with Crippen LogP contribution in [0.5, 0.6) is 0 Å². The van der Waals surface area contributed by atoms with E-state index in [0.717, 1.165) is 0 Å². The van der Waals surface area contributed by atoms with Gasteiger partial charge in [-0.2, -0.15) is 0 Å². The second-order valence-electron chi connectivity index (χ2n) is 3.36. The molecular formula is C9H16O2. The van der Waals surface area contributed by atoms with Gasteiger partial charge in [0.15, 0.2) is 0 Å². The highest BCUT2D eigenvalue weighted by atomic mass is 16.5. The Hall–Kier alpha value is -0.530. The van der Waals surface area contributed by atoms with Crippen LogP contribution >= 0.6 is 0 Å². The minimum Gasteiger partial charge on any atom is -0.463 e. The Labute approximate surface area is 67.9 Å². The Balaban J connectivity index is 2.28. The highest BCUT2D eigenvalue weighted by Crippen LogP contribution is 2.28. The fraction of sp³-hybridized carbons (Fsp3) is 0.889. The molecule has 0 N–H and O–H groups in total. The maximum absolute atomic E-state index is 10.6. The summed E-state index contributed by atoms with van der Waals surface area (Å²) in [6.07, 6.45) is 5.20. The second kappa shape index (κ2) is 3.74. The van der Waals surface area contributed by atoms with E-state index in [-0.39, 0.29) is 12.1 Å². The van der Waals surface area contributed by atoms with Gasteiger partial charge in [0.2, 0.25) is 0 Å². The van der Waals surface area contributed by atoms with Crippen molar-refractivity contribution in [3.8, 4) is 0 Å². The third kappa shape index (κ3) is 2.52. The third-order valence-electron chi connectivity index (χ3n) is 2.42. The van der Waals surface area contributed by atoms with E-state index in [4.69, 9.17) is 4.74 Å². The molecule has 1 saturated carbocycles. The van der Waals surface area contributed by atoms with Gasteiger partial charge in [-0.25, -0.2) is 0 Å². The van der Waals surface area contributed by atoms with Crippen molar-refractivity contribution in [1.82, 2.24) is 0 Å². The Morgan fingerprint density at radius 3 is 2.45 bits per heavy atom. The Morgan fingerprint density at radius 2 is 2.00 bits per heavy atom. The predicted octanol–water partition coefficient (Wildman–Crippen LogP) is 2.13. The summed E-state index contributed by atoms with van der Waals surface area (Å²) in [5.74, 6) is 0.475. The maximum Gasteiger partial charge on any atom is 0.302 e. The summed E-state index contributed by atoms with van der Waals surface area (Å²) in [7, 11) is 0. The van der Waals surface area contributed by atoms with Crippen molar-refractivity contribution in [2.75, 3.05) is 0 Å². The first kappa shape index (κ1) is 8.57. The normalized spacial score (nSPS) is 21.6. The molecule has 0 amide bonds. The van der Waals surface area contributed by atoms with Crippen molar-refractivity contribution < 1.29 is 9.53 Å². The molecule has 2 heteroatoms. The van der Waals surface area contributed by atoms with Gasteiger partial charge in [0, 0.05) is 6.92 Å². The first-order chi connectivity index (χ1) is 5.20. The molecule has 0 bridgehead atoms. The first-order valence-corrected chi connectivity index (χ1v) is 4.37. The summed E-state index contributed by atoms with van der Waals surface area (Å²) in [4.78, 5) is 10.6. The number of carbonyl (C=O) groups excluding carboxylic acids is 1. The van der Waals surface area contributed by atoms with Crippen LogP contribution in [0.2, 0.25) is 0 Å². The van der Waals surface area contributed by atoms with E-state index < -0.39 is 0 Å². The highest BCUT2D eigenvalue weighted by Gasteiger charge is 2.23. The van der Waals surface area contributed by atoms with Crippen molar-refractivity contribution in [3.05, 3.63) is 0 Å². The molecule has 1 atom stereocenters. The molecule has 2 nitrogen and oxygen atoms in total. The number of hydrogen-bond acceptors (Lipinski definition) is 2. The van der Waals surface area contributed by atoms with Gasteiger partial charge in [0.1, 0.15) is 6.10 Å². The van der Waals surface area contributed by atoms with Crippen molar-refractivity contribution in [2.24, 2.45) is 5.92 Å². The van der Waals surface area contributed by atoms with Gasteiger partial charge in [-0.05, 0) is 25.7 Å². The number of rotatable bonds is 2. The van der Waals surface area contributed by atoms with Gasteiger partial charge in [0.25, 0.3) is 0 Å². The molecule has 1 aliphatic carbocycles. The Kier molecular flexibility index (Phi) is 2.92. The van der Waals surface area contributed by atoms with Gasteiger partial charge < -0.3 is 4.74 Å². The van der Waals surface area contributed by atoms with E-state index in [1.807, 2.05) is 6.92 Å². The molecular weight excluding hydrogens is 140 g/mol. The van der Waals surface area contributed by atoms with Crippen LogP contribution in [0.1, 0.15) is 39.5 Å². The summed E-state index contributed by atoms with van der Waals surface area (Å²) in [6.45, 7) is 3.48. The average molecular weight is 156 g/mol. The molecule has 0 heterocycles. The van der Waals surface area contributed by atoms with Gasteiger partial charge in [-0.3, -0.25) is 4.79 Å². The minimum atomic E-state index is -0.149. The molecule has 11 heavy (non-hydrogen) atoms. The van der Waals surface area contributed by atoms with Crippen molar-refractivity contribution in [3.63, 3.8) is 0 Å². The molecule has 1 fully saturated rings. The highest BCUT2D eigenvalue weighted by molar-refractivity contribution is 5.66. The van der Waals surface area contributed by atoms with Crippen LogP contribution in [-0.2, 0) is 9.53 Å². The Morgan fingerprint density at radius 1 is 1.45 bits per heavy atom. The van der Waals surface area contributed by atoms with Crippen LogP contribution in [0.25, 0.3) is 0 Å². The Bertz CT molecular complexity index is 136. The lowest BCUT2D eigenvalue weighted by molar-refractivity contribution is -0.147. The summed E-state index contributed by atoms with van der Waals surface area (Å²) in [6, 6.07) is 0. The fourth-order valence-electron chi connectivity index (χ4n) is 1.78. The molecule has 1 rings (SSSR count). The minimum absolute atomic E-state index is 0.134. The fourth-order valence-corrected chi connectivity index (χ4v) is 1.78. The number of esters is 1. The number of ether oxygens (including phenoxy) is 1. The molecule has 1 aliphatic rings. The molecule has 0 aliphatic heterocycles. The summed E-state index contributed by atoms with van der Waals surface area (Å²) < 4.78 is 5.10. The molecule has 0 aromatic heterocycles. The first-order valence-electron chi connectivity index (χ1n) is 4.37. The zero-order valence-corrected chi connectivity index (χ0v) is 7.30. The molecule has 0 spiro atoms. The molecule has 64 valence electrons. The maximum atomic E-state index is 10.6.